The molecule has 0 spiro atoms. The summed E-state index contributed by atoms with van der Waals surface area (Å²) < 4.78 is 36.4. The smallest absolute Gasteiger partial charge is 0.394 e. The number of esters is 1. The summed E-state index contributed by atoms with van der Waals surface area (Å²) in [7, 11) is 1.33. The van der Waals surface area contributed by atoms with Gasteiger partial charge in [-0.15, -0.1) is 0 Å². The van der Waals surface area contributed by atoms with Crippen LogP contribution >= 0.6 is 0 Å². The minimum absolute atomic E-state index is 0.204. The number of carbonyl (C=O) groups is 1. The van der Waals surface area contributed by atoms with E-state index in [1.807, 2.05) is 39.9 Å². The number of carbonyl (C=O) groups excluding carboxylic acids is 1. The molecule has 0 aromatic heterocycles. The Kier molecular flexibility index (Phi) is 16.4. The van der Waals surface area contributed by atoms with Crippen molar-refractivity contribution >= 4 is 16.4 Å². The minimum Gasteiger partial charge on any atom is -0.462 e. The number of rotatable bonds is 3. The predicted molar refractivity (Wildman–Crippen MR) is 74.5 cm³/mol. The second-order valence-electron chi connectivity index (χ2n) is 3.90. The molecule has 0 aliphatic heterocycles. The maximum atomic E-state index is 10.8. The Morgan fingerprint density at radius 1 is 1.26 bits per heavy atom. The maximum Gasteiger partial charge on any atom is 0.394 e. The first-order valence-corrected chi connectivity index (χ1v) is 6.96. The zero-order valence-corrected chi connectivity index (χ0v) is 13.2. The molecule has 8 heteroatoms. The van der Waals surface area contributed by atoms with Gasteiger partial charge in [-0.05, 0) is 41.4 Å². The van der Waals surface area contributed by atoms with Crippen molar-refractivity contribution < 1.29 is 27.1 Å². The molecule has 0 aliphatic carbocycles. The number of nitrogens with zero attached hydrogens (tertiary/aromatic N) is 1. The maximum absolute atomic E-state index is 10.8. The summed E-state index contributed by atoms with van der Waals surface area (Å²) in [5, 5.41) is 0. The predicted octanol–water partition coefficient (Wildman–Crippen LogP) is 1.43. The quantitative estimate of drug-likeness (QED) is 0.461. The molecule has 0 aliphatic rings. The fourth-order valence-electron chi connectivity index (χ4n) is 0.426. The fraction of sp³-hybridized carbons (Fsp3) is 0.727. The number of ether oxygens (including phenoxy) is 1. The summed E-state index contributed by atoms with van der Waals surface area (Å²) in [5.41, 5.74) is 0.674. The summed E-state index contributed by atoms with van der Waals surface area (Å²) in [6.45, 7) is 6.06. The van der Waals surface area contributed by atoms with Crippen molar-refractivity contribution in [3.63, 3.8) is 0 Å². The van der Waals surface area contributed by atoms with Crippen molar-refractivity contribution in [1.29, 1.82) is 0 Å². The zero-order valence-electron chi connectivity index (χ0n) is 12.4. The van der Waals surface area contributed by atoms with Crippen LogP contribution in [-0.2, 0) is 19.9 Å². The summed E-state index contributed by atoms with van der Waals surface area (Å²) >= 11 is 0. The highest BCUT2D eigenvalue weighted by Gasteiger charge is 2.01. The highest BCUT2D eigenvalue weighted by molar-refractivity contribution is 7.79. The van der Waals surface area contributed by atoms with Crippen molar-refractivity contribution in [3.05, 3.63) is 11.6 Å². The molecule has 0 heterocycles. The van der Waals surface area contributed by atoms with E-state index < -0.39 is 10.4 Å². The van der Waals surface area contributed by atoms with Gasteiger partial charge in [0.15, 0.2) is 0 Å². The molecule has 0 aromatic carbocycles. The van der Waals surface area contributed by atoms with Crippen LogP contribution in [0.25, 0.3) is 0 Å². The lowest BCUT2D eigenvalue weighted by atomic mass is 10.3. The van der Waals surface area contributed by atoms with E-state index in [1.54, 1.807) is 13.0 Å². The van der Waals surface area contributed by atoms with E-state index in [4.69, 9.17) is 22.3 Å². The molecular weight excluding hydrogens is 274 g/mol. The normalized spacial score (nSPS) is 10.9. The zero-order chi connectivity index (χ0) is 16.1. The summed E-state index contributed by atoms with van der Waals surface area (Å²) in [6, 6.07) is 0. The van der Waals surface area contributed by atoms with Gasteiger partial charge in [0.25, 0.3) is 0 Å². The largest absolute Gasteiger partial charge is 0.462 e. The second-order valence-corrected chi connectivity index (χ2v) is 4.79. The Labute approximate surface area is 115 Å². The van der Waals surface area contributed by atoms with Gasteiger partial charge in [0.1, 0.15) is 0 Å². The van der Waals surface area contributed by atoms with Gasteiger partial charge >= 0.3 is 16.4 Å². The molecule has 0 amide bonds. The molecule has 0 aromatic rings. The lowest BCUT2D eigenvalue weighted by Gasteiger charge is -2.00. The highest BCUT2D eigenvalue weighted by atomic mass is 32.3. The molecule has 0 radical (unpaired) electrons. The van der Waals surface area contributed by atoms with Gasteiger partial charge in [-0.2, -0.15) is 8.42 Å². The first-order valence-electron chi connectivity index (χ1n) is 5.56. The van der Waals surface area contributed by atoms with Crippen LogP contribution in [0.15, 0.2) is 11.6 Å². The van der Waals surface area contributed by atoms with E-state index in [2.05, 4.69) is 0 Å². The molecule has 2 N–H and O–H groups in total. The Balaban J connectivity index is -0.000000238. The number of allylic oxidation sites excluding steroid dienone is 1. The lowest BCUT2D eigenvalue weighted by molar-refractivity contribution is -0.138. The van der Waals surface area contributed by atoms with Crippen molar-refractivity contribution in [3.8, 4) is 0 Å². The molecule has 7 nitrogen and oxygen atoms in total. The van der Waals surface area contributed by atoms with Crippen LogP contribution in [0.1, 0.15) is 27.2 Å². The van der Waals surface area contributed by atoms with Crippen LogP contribution in [0.3, 0.4) is 0 Å². The molecule has 0 saturated carbocycles. The van der Waals surface area contributed by atoms with Gasteiger partial charge in [0.2, 0.25) is 0 Å². The van der Waals surface area contributed by atoms with Crippen molar-refractivity contribution in [1.82, 2.24) is 4.90 Å². The third-order valence-corrected chi connectivity index (χ3v) is 1.19. The van der Waals surface area contributed by atoms with E-state index in [-0.39, 0.29) is 5.97 Å². The van der Waals surface area contributed by atoms with Crippen LogP contribution in [0.5, 0.6) is 0 Å². The van der Waals surface area contributed by atoms with E-state index in [9.17, 15) is 4.79 Å². The molecule has 19 heavy (non-hydrogen) atoms. The fourth-order valence-corrected chi connectivity index (χ4v) is 0.426. The number of hydrogen-bond donors (Lipinski definition) is 2. The standard InChI is InChI=1S/C8H14O2.C3H9N.H2O4S/c1-4-6-10-8(9)7(3)5-2;1-4(2)3;1-5(2,3)4/h5H,4,6H2,1-3H3;1-3H3;(H2,1,2,3,4). The van der Waals surface area contributed by atoms with Crippen LogP contribution in [-0.4, -0.2) is 56.1 Å². The van der Waals surface area contributed by atoms with Crippen molar-refractivity contribution in [2.45, 2.75) is 27.2 Å². The Morgan fingerprint density at radius 2 is 1.58 bits per heavy atom. The van der Waals surface area contributed by atoms with E-state index in [1.165, 1.54) is 0 Å². The highest BCUT2D eigenvalue weighted by Crippen LogP contribution is 1.95. The molecular formula is C11H25NO6S. The molecule has 0 saturated heterocycles. The van der Waals surface area contributed by atoms with Crippen molar-refractivity contribution in [2.75, 3.05) is 27.7 Å². The average Bonchev–Trinajstić information content (AvgIpc) is 2.21. The monoisotopic (exact) mass is 299 g/mol. The Morgan fingerprint density at radius 3 is 1.79 bits per heavy atom. The van der Waals surface area contributed by atoms with E-state index in [0.29, 0.717) is 12.2 Å². The van der Waals surface area contributed by atoms with Gasteiger partial charge in [0, 0.05) is 5.57 Å². The molecule has 116 valence electrons. The van der Waals surface area contributed by atoms with Crippen molar-refractivity contribution in [2.24, 2.45) is 0 Å². The first-order chi connectivity index (χ1) is 8.45. The molecule has 0 atom stereocenters. The summed E-state index contributed by atoms with van der Waals surface area (Å²) in [6.07, 6.45) is 2.63. The lowest BCUT2D eigenvalue weighted by Crippen LogP contribution is -2.05. The second kappa shape index (κ2) is 13.5. The first kappa shape index (κ1) is 23.2. The van der Waals surface area contributed by atoms with Gasteiger partial charge in [-0.25, -0.2) is 4.79 Å². The number of hydrogen-bond acceptors (Lipinski definition) is 5. The molecule has 0 rings (SSSR count). The van der Waals surface area contributed by atoms with Gasteiger partial charge in [-0.1, -0.05) is 13.0 Å². The summed E-state index contributed by atoms with van der Waals surface area (Å²) in [5.74, 6) is -0.204. The van der Waals surface area contributed by atoms with Crippen LogP contribution < -0.4 is 0 Å². The third kappa shape index (κ3) is 47.2. The SMILES string of the molecule is CC=C(C)C(=O)OCCC.CN(C)C.O=S(=O)(O)O. The van der Waals surface area contributed by atoms with Crippen LogP contribution in [0.4, 0.5) is 0 Å². The van der Waals surface area contributed by atoms with Crippen LogP contribution in [0, 0.1) is 0 Å². The van der Waals surface area contributed by atoms with Gasteiger partial charge < -0.3 is 9.64 Å². The third-order valence-electron chi connectivity index (χ3n) is 1.19. The summed E-state index contributed by atoms with van der Waals surface area (Å²) in [4.78, 5) is 12.8. The average molecular weight is 299 g/mol. The van der Waals surface area contributed by atoms with Crippen LogP contribution in [0.2, 0.25) is 0 Å². The molecule has 0 unspecified atom stereocenters. The topological polar surface area (TPSA) is 104 Å². The van der Waals surface area contributed by atoms with Gasteiger partial charge in [0.05, 0.1) is 6.61 Å². The minimum atomic E-state index is -4.67. The Hall–Kier alpha value is -0.960. The van der Waals surface area contributed by atoms with Gasteiger partial charge in [-0.3, -0.25) is 9.11 Å². The Bertz CT molecular complexity index is 337. The molecule has 0 bridgehead atoms. The van der Waals surface area contributed by atoms with E-state index in [0.717, 1.165) is 6.42 Å². The van der Waals surface area contributed by atoms with E-state index >= 15 is 0 Å². The molecule has 0 fully saturated rings.